The van der Waals surface area contributed by atoms with Crippen molar-refractivity contribution in [1.82, 2.24) is 20.9 Å². The zero-order valence-corrected chi connectivity index (χ0v) is 19.3. The Morgan fingerprint density at radius 2 is 1.85 bits per heavy atom. The van der Waals surface area contributed by atoms with E-state index in [1.807, 2.05) is 0 Å². The van der Waals surface area contributed by atoms with Crippen LogP contribution in [0.25, 0.3) is 0 Å². The van der Waals surface area contributed by atoms with Gasteiger partial charge in [0, 0.05) is 37.8 Å². The van der Waals surface area contributed by atoms with E-state index in [1.54, 1.807) is 0 Å². The number of sulfone groups is 1. The Labute approximate surface area is 179 Å². The maximum Gasteiger partial charge on any atom is 0.315 e. The number of amides is 2. The normalized spacial score (nSPS) is 27.4. The standard InChI is InChI=1S/C17H31N5O3S.HI/c1-12(2)19-16(18-9-13-6-8-26(24,25)11-13)22-7-5-15(10-22)21-17(23)20-14-3-4-14;/h12-15H,3-11H2,1-2H3,(H,18,19)(H2,20,21,23);1H. The van der Waals surface area contributed by atoms with Gasteiger partial charge >= 0.3 is 6.03 Å². The van der Waals surface area contributed by atoms with Crippen molar-refractivity contribution in [2.75, 3.05) is 31.1 Å². The lowest BCUT2D eigenvalue weighted by molar-refractivity contribution is 0.237. The second-order valence-corrected chi connectivity index (χ2v) is 10.3. The SMILES string of the molecule is CC(C)NC(=NCC1CCS(=O)(=O)C1)N1CCC(NC(=O)NC2CC2)C1.I. The highest BCUT2D eigenvalue weighted by atomic mass is 127. The van der Waals surface area contributed by atoms with Gasteiger partial charge in [0.25, 0.3) is 0 Å². The van der Waals surface area contributed by atoms with Gasteiger partial charge < -0.3 is 20.9 Å². The van der Waals surface area contributed by atoms with Crippen molar-refractivity contribution in [2.24, 2.45) is 10.9 Å². The van der Waals surface area contributed by atoms with Crippen molar-refractivity contribution in [2.45, 2.75) is 57.7 Å². The number of aliphatic imine (C=N–C) groups is 1. The molecule has 2 unspecified atom stereocenters. The molecule has 3 rings (SSSR count). The molecule has 2 aliphatic heterocycles. The van der Waals surface area contributed by atoms with Crippen LogP contribution in [0.1, 0.15) is 39.5 Å². The van der Waals surface area contributed by atoms with Crippen molar-refractivity contribution < 1.29 is 13.2 Å². The van der Waals surface area contributed by atoms with Gasteiger partial charge in [-0.3, -0.25) is 4.99 Å². The lowest BCUT2D eigenvalue weighted by atomic mass is 10.1. The van der Waals surface area contributed by atoms with E-state index in [0.29, 0.717) is 19.0 Å². The van der Waals surface area contributed by atoms with Crippen LogP contribution in [0.5, 0.6) is 0 Å². The monoisotopic (exact) mass is 513 g/mol. The van der Waals surface area contributed by atoms with Crippen molar-refractivity contribution in [3.63, 3.8) is 0 Å². The first-order chi connectivity index (χ1) is 12.3. The number of urea groups is 1. The van der Waals surface area contributed by atoms with Gasteiger partial charge in [-0.15, -0.1) is 24.0 Å². The predicted octanol–water partition coefficient (Wildman–Crippen LogP) is 0.929. The minimum Gasteiger partial charge on any atom is -0.354 e. The molecular formula is C17H32IN5O3S. The van der Waals surface area contributed by atoms with Crippen molar-refractivity contribution in [3.05, 3.63) is 0 Å². The highest BCUT2D eigenvalue weighted by molar-refractivity contribution is 14.0. The van der Waals surface area contributed by atoms with Crippen LogP contribution < -0.4 is 16.0 Å². The molecule has 0 aromatic rings. The Morgan fingerprint density at radius 1 is 1.15 bits per heavy atom. The largest absolute Gasteiger partial charge is 0.354 e. The number of nitrogens with zero attached hydrogens (tertiary/aromatic N) is 2. The molecule has 3 fully saturated rings. The Morgan fingerprint density at radius 3 is 2.44 bits per heavy atom. The third-order valence-electron chi connectivity index (χ3n) is 4.98. The van der Waals surface area contributed by atoms with Crippen LogP contribution in [0.3, 0.4) is 0 Å². The fourth-order valence-electron chi connectivity index (χ4n) is 3.44. The number of nitrogens with one attached hydrogen (secondary N) is 3. The van der Waals surface area contributed by atoms with Crippen molar-refractivity contribution in [3.8, 4) is 0 Å². The molecule has 8 nitrogen and oxygen atoms in total. The van der Waals surface area contributed by atoms with Crippen LogP contribution in [-0.4, -0.2) is 74.6 Å². The minimum absolute atomic E-state index is 0. The number of halogens is 1. The molecule has 0 radical (unpaired) electrons. The molecular weight excluding hydrogens is 481 g/mol. The smallest absolute Gasteiger partial charge is 0.315 e. The number of hydrogen-bond donors (Lipinski definition) is 3. The Hall–Kier alpha value is -0.780. The number of hydrogen-bond acceptors (Lipinski definition) is 4. The maximum atomic E-state index is 11.9. The van der Waals surface area contributed by atoms with Gasteiger partial charge in [0.1, 0.15) is 0 Å². The molecule has 2 saturated heterocycles. The molecule has 0 aromatic heterocycles. The second kappa shape index (κ2) is 9.62. The molecule has 3 aliphatic rings. The van der Waals surface area contributed by atoms with Crippen LogP contribution in [-0.2, 0) is 9.84 Å². The first-order valence-electron chi connectivity index (χ1n) is 9.64. The van der Waals surface area contributed by atoms with E-state index < -0.39 is 9.84 Å². The average Bonchev–Trinajstić information content (AvgIpc) is 3.10. The molecule has 1 aliphatic carbocycles. The van der Waals surface area contributed by atoms with E-state index in [0.717, 1.165) is 38.3 Å². The Kier molecular flexibility index (Phi) is 8.02. The fraction of sp³-hybridized carbons (Fsp3) is 0.882. The molecule has 2 amide bonds. The van der Waals surface area contributed by atoms with Crippen LogP contribution in [0.15, 0.2) is 4.99 Å². The molecule has 0 bridgehead atoms. The minimum atomic E-state index is -2.87. The van der Waals surface area contributed by atoms with E-state index in [-0.39, 0.29) is 59.5 Å². The topological polar surface area (TPSA) is 103 Å². The van der Waals surface area contributed by atoms with Crippen LogP contribution in [0.4, 0.5) is 4.79 Å². The molecule has 0 aromatic carbocycles. The third-order valence-corrected chi connectivity index (χ3v) is 6.82. The first kappa shape index (κ1) is 22.5. The molecule has 1 saturated carbocycles. The van der Waals surface area contributed by atoms with Gasteiger partial charge in [0.05, 0.1) is 11.5 Å². The maximum absolute atomic E-state index is 11.9. The van der Waals surface area contributed by atoms with E-state index in [2.05, 4.69) is 34.7 Å². The van der Waals surface area contributed by atoms with Gasteiger partial charge in [0.15, 0.2) is 15.8 Å². The van der Waals surface area contributed by atoms with Gasteiger partial charge in [-0.25, -0.2) is 13.2 Å². The van der Waals surface area contributed by atoms with Gasteiger partial charge in [0.2, 0.25) is 0 Å². The summed E-state index contributed by atoms with van der Waals surface area (Å²) in [6.45, 7) is 6.20. The highest BCUT2D eigenvalue weighted by Crippen LogP contribution is 2.20. The van der Waals surface area contributed by atoms with E-state index >= 15 is 0 Å². The number of carbonyl (C=O) groups is 1. The molecule has 10 heteroatoms. The molecule has 156 valence electrons. The summed E-state index contributed by atoms with van der Waals surface area (Å²) in [5.41, 5.74) is 0. The van der Waals surface area contributed by atoms with Crippen LogP contribution in [0, 0.1) is 5.92 Å². The number of rotatable bonds is 5. The summed E-state index contributed by atoms with van der Waals surface area (Å²) in [4.78, 5) is 18.8. The van der Waals surface area contributed by atoms with Gasteiger partial charge in [-0.2, -0.15) is 0 Å². The molecule has 2 atom stereocenters. The molecule has 2 heterocycles. The van der Waals surface area contributed by atoms with Crippen molar-refractivity contribution in [1.29, 1.82) is 0 Å². The van der Waals surface area contributed by atoms with E-state index in [9.17, 15) is 13.2 Å². The summed E-state index contributed by atoms with van der Waals surface area (Å²) in [7, 11) is -2.87. The summed E-state index contributed by atoms with van der Waals surface area (Å²) < 4.78 is 23.3. The van der Waals surface area contributed by atoms with Crippen LogP contribution in [0.2, 0.25) is 0 Å². The summed E-state index contributed by atoms with van der Waals surface area (Å²) >= 11 is 0. The summed E-state index contributed by atoms with van der Waals surface area (Å²) in [6.07, 6.45) is 3.74. The Balaban J connectivity index is 0.00000261. The number of guanidine groups is 1. The lowest BCUT2D eigenvalue weighted by Gasteiger charge is -2.24. The van der Waals surface area contributed by atoms with Crippen molar-refractivity contribution >= 4 is 45.8 Å². The average molecular weight is 513 g/mol. The lowest BCUT2D eigenvalue weighted by Crippen LogP contribution is -2.47. The summed E-state index contributed by atoms with van der Waals surface area (Å²) in [6, 6.07) is 0.631. The number of carbonyl (C=O) groups excluding carboxylic acids is 1. The van der Waals surface area contributed by atoms with E-state index in [1.165, 1.54) is 0 Å². The molecule has 0 spiro atoms. The summed E-state index contributed by atoms with van der Waals surface area (Å²) in [5.74, 6) is 1.46. The molecule has 3 N–H and O–H groups in total. The Bertz CT molecular complexity index is 651. The molecule has 27 heavy (non-hydrogen) atoms. The summed E-state index contributed by atoms with van der Waals surface area (Å²) in [5, 5.41) is 9.38. The highest BCUT2D eigenvalue weighted by Gasteiger charge is 2.30. The first-order valence-corrected chi connectivity index (χ1v) is 11.5. The van der Waals surface area contributed by atoms with Gasteiger partial charge in [-0.05, 0) is 45.4 Å². The zero-order chi connectivity index (χ0) is 18.7. The second-order valence-electron chi connectivity index (χ2n) is 8.06. The zero-order valence-electron chi connectivity index (χ0n) is 16.1. The van der Waals surface area contributed by atoms with Crippen LogP contribution >= 0.6 is 24.0 Å². The predicted molar refractivity (Wildman–Crippen MR) is 117 cm³/mol. The van der Waals surface area contributed by atoms with E-state index in [4.69, 9.17) is 4.99 Å². The van der Waals surface area contributed by atoms with Gasteiger partial charge in [-0.1, -0.05) is 0 Å². The quantitative estimate of drug-likeness (QED) is 0.289. The fourth-order valence-corrected chi connectivity index (χ4v) is 5.29. The number of likely N-dealkylation sites (tertiary alicyclic amines) is 1. The third kappa shape index (κ3) is 7.28.